The third-order valence-corrected chi connectivity index (χ3v) is 5.50. The molecule has 0 unspecified atom stereocenters. The third-order valence-electron chi connectivity index (χ3n) is 5.50. The highest BCUT2D eigenvalue weighted by Gasteiger charge is 2.10. The lowest BCUT2D eigenvalue weighted by atomic mass is 10.2. The molecule has 0 fully saturated rings. The summed E-state index contributed by atoms with van der Waals surface area (Å²) in [4.78, 5) is 49.0. The quantitative estimate of drug-likeness (QED) is 0.238. The molecule has 0 aliphatic heterocycles. The molecule has 4 N–H and O–H groups in total. The predicted molar refractivity (Wildman–Crippen MR) is 148 cm³/mol. The first-order chi connectivity index (χ1) is 18.5. The van der Waals surface area contributed by atoms with E-state index in [0.29, 0.717) is 33.9 Å². The first-order valence-electron chi connectivity index (χ1n) is 12.0. The monoisotopic (exact) mass is 506 g/mol. The van der Waals surface area contributed by atoms with E-state index in [1.807, 2.05) is 12.1 Å². The van der Waals surface area contributed by atoms with Crippen molar-refractivity contribution in [2.45, 2.75) is 12.8 Å². The number of carbonyl (C=O) groups excluding carboxylic acids is 4. The van der Waals surface area contributed by atoms with Gasteiger partial charge < -0.3 is 21.3 Å². The molecule has 4 aromatic carbocycles. The maximum atomic E-state index is 12.3. The second-order valence-corrected chi connectivity index (χ2v) is 8.39. The molecule has 0 heterocycles. The predicted octanol–water partition coefficient (Wildman–Crippen LogP) is 5.55. The number of hydrogen-bond donors (Lipinski definition) is 4. The highest BCUT2D eigenvalue weighted by atomic mass is 16.2. The van der Waals surface area contributed by atoms with Gasteiger partial charge in [0.05, 0.1) is 0 Å². The Morgan fingerprint density at radius 2 is 0.684 bits per heavy atom. The number of carbonyl (C=O) groups is 4. The zero-order valence-electron chi connectivity index (χ0n) is 20.4. The van der Waals surface area contributed by atoms with Crippen molar-refractivity contribution in [3.05, 3.63) is 120 Å². The van der Waals surface area contributed by atoms with Gasteiger partial charge in [0, 0.05) is 46.7 Å². The molecule has 4 amide bonds. The van der Waals surface area contributed by atoms with Gasteiger partial charge in [0.2, 0.25) is 11.8 Å². The Bertz CT molecular complexity index is 1290. The van der Waals surface area contributed by atoms with Crippen LogP contribution < -0.4 is 21.3 Å². The molecule has 4 aromatic rings. The average molecular weight is 507 g/mol. The summed E-state index contributed by atoms with van der Waals surface area (Å²) in [7, 11) is 0. The topological polar surface area (TPSA) is 116 Å². The van der Waals surface area contributed by atoms with Crippen LogP contribution in [0.5, 0.6) is 0 Å². The molecule has 0 spiro atoms. The summed E-state index contributed by atoms with van der Waals surface area (Å²) in [5.74, 6) is -1.06. The van der Waals surface area contributed by atoms with Crippen molar-refractivity contribution in [3.63, 3.8) is 0 Å². The molecule has 0 radical (unpaired) electrons. The van der Waals surface area contributed by atoms with E-state index in [-0.39, 0.29) is 36.5 Å². The van der Waals surface area contributed by atoms with Crippen LogP contribution in [0.1, 0.15) is 33.6 Å². The van der Waals surface area contributed by atoms with E-state index in [0.717, 1.165) is 0 Å². The lowest BCUT2D eigenvalue weighted by molar-refractivity contribution is -0.121. The minimum Gasteiger partial charge on any atom is -0.326 e. The van der Waals surface area contributed by atoms with E-state index in [1.165, 1.54) is 0 Å². The second-order valence-electron chi connectivity index (χ2n) is 8.39. The zero-order valence-corrected chi connectivity index (χ0v) is 20.4. The van der Waals surface area contributed by atoms with Gasteiger partial charge in [-0.3, -0.25) is 19.2 Å². The van der Waals surface area contributed by atoms with Crippen LogP contribution >= 0.6 is 0 Å². The number of nitrogens with one attached hydrogen (secondary N) is 4. The first kappa shape index (κ1) is 25.8. The first-order valence-corrected chi connectivity index (χ1v) is 12.0. The molecule has 0 saturated carbocycles. The molecule has 0 atom stereocenters. The highest BCUT2D eigenvalue weighted by molar-refractivity contribution is 6.05. The van der Waals surface area contributed by atoms with Gasteiger partial charge in [0.1, 0.15) is 0 Å². The lowest BCUT2D eigenvalue weighted by Crippen LogP contribution is -2.17. The molecular weight excluding hydrogens is 480 g/mol. The molecular formula is C30H26N4O4. The Kier molecular flexibility index (Phi) is 8.60. The lowest BCUT2D eigenvalue weighted by Gasteiger charge is -2.09. The largest absolute Gasteiger partial charge is 0.326 e. The van der Waals surface area contributed by atoms with Gasteiger partial charge in [-0.15, -0.1) is 0 Å². The second kappa shape index (κ2) is 12.6. The van der Waals surface area contributed by atoms with Crippen LogP contribution in [0.15, 0.2) is 109 Å². The van der Waals surface area contributed by atoms with Gasteiger partial charge in [0.15, 0.2) is 0 Å². The van der Waals surface area contributed by atoms with E-state index < -0.39 is 0 Å². The molecule has 0 saturated heterocycles. The number of benzene rings is 4. The highest BCUT2D eigenvalue weighted by Crippen LogP contribution is 2.17. The van der Waals surface area contributed by atoms with Crippen LogP contribution in [-0.4, -0.2) is 23.6 Å². The molecule has 8 nitrogen and oxygen atoms in total. The SMILES string of the molecule is O=C(CCC(=O)Nc1ccc(NC(=O)c2ccccc2)cc1)Nc1ccc(NC(=O)c2ccccc2)cc1. The van der Waals surface area contributed by atoms with Crippen molar-refractivity contribution in [1.82, 2.24) is 0 Å². The summed E-state index contributed by atoms with van der Waals surface area (Å²) in [5, 5.41) is 11.1. The minimum atomic E-state index is -0.305. The molecule has 4 rings (SSSR count). The Labute approximate surface area is 220 Å². The number of anilines is 4. The van der Waals surface area contributed by atoms with Crippen molar-refractivity contribution in [2.75, 3.05) is 21.3 Å². The van der Waals surface area contributed by atoms with Crippen LogP contribution in [0.2, 0.25) is 0 Å². The van der Waals surface area contributed by atoms with Gasteiger partial charge in [0.25, 0.3) is 11.8 Å². The Balaban J connectivity index is 1.19. The molecule has 38 heavy (non-hydrogen) atoms. The van der Waals surface area contributed by atoms with Crippen LogP contribution in [-0.2, 0) is 9.59 Å². The fraction of sp³-hybridized carbons (Fsp3) is 0.0667. The Morgan fingerprint density at radius 3 is 1.00 bits per heavy atom. The summed E-state index contributed by atoms with van der Waals surface area (Å²) in [5.41, 5.74) is 3.41. The standard InChI is InChI=1S/C30H26N4O4/c35-27(31-23-11-15-25(16-12-23)33-29(37)21-7-3-1-4-8-21)19-20-28(36)32-24-13-17-26(18-14-24)34-30(38)22-9-5-2-6-10-22/h1-18H,19-20H2,(H,31,35)(H,32,36)(H,33,37)(H,34,38). The maximum absolute atomic E-state index is 12.3. The third kappa shape index (κ3) is 7.63. The van der Waals surface area contributed by atoms with Gasteiger partial charge in [-0.1, -0.05) is 36.4 Å². The van der Waals surface area contributed by atoms with Crippen LogP contribution in [0, 0.1) is 0 Å². The molecule has 0 aromatic heterocycles. The van der Waals surface area contributed by atoms with Crippen molar-refractivity contribution in [1.29, 1.82) is 0 Å². The minimum absolute atomic E-state index is 0.00352. The zero-order chi connectivity index (χ0) is 26.7. The molecule has 190 valence electrons. The molecule has 0 aliphatic carbocycles. The normalized spacial score (nSPS) is 10.2. The average Bonchev–Trinajstić information content (AvgIpc) is 2.95. The van der Waals surface area contributed by atoms with Crippen LogP contribution in [0.4, 0.5) is 22.7 Å². The fourth-order valence-corrected chi connectivity index (χ4v) is 3.53. The van der Waals surface area contributed by atoms with E-state index >= 15 is 0 Å². The fourth-order valence-electron chi connectivity index (χ4n) is 3.53. The number of hydrogen-bond acceptors (Lipinski definition) is 4. The van der Waals surface area contributed by atoms with Gasteiger partial charge in [-0.25, -0.2) is 0 Å². The number of amides is 4. The van der Waals surface area contributed by atoms with Crippen LogP contribution in [0.25, 0.3) is 0 Å². The summed E-state index contributed by atoms with van der Waals surface area (Å²) in [6.45, 7) is 0. The van der Waals surface area contributed by atoms with Gasteiger partial charge in [-0.2, -0.15) is 0 Å². The Morgan fingerprint density at radius 1 is 0.395 bits per heavy atom. The Hall–Kier alpha value is -5.24. The summed E-state index contributed by atoms with van der Waals surface area (Å²) in [6.07, 6.45) is 0.00703. The molecule has 8 heteroatoms. The maximum Gasteiger partial charge on any atom is 0.255 e. The summed E-state index contributed by atoms with van der Waals surface area (Å²) in [6, 6.07) is 31.2. The van der Waals surface area contributed by atoms with Crippen molar-refractivity contribution < 1.29 is 19.2 Å². The van der Waals surface area contributed by atoms with E-state index in [4.69, 9.17) is 0 Å². The summed E-state index contributed by atoms with van der Waals surface area (Å²) < 4.78 is 0. The number of rotatable bonds is 9. The van der Waals surface area contributed by atoms with Crippen molar-refractivity contribution in [2.24, 2.45) is 0 Å². The smallest absolute Gasteiger partial charge is 0.255 e. The molecule has 0 aliphatic rings. The van der Waals surface area contributed by atoms with Crippen molar-refractivity contribution in [3.8, 4) is 0 Å². The van der Waals surface area contributed by atoms with E-state index in [9.17, 15) is 19.2 Å². The van der Waals surface area contributed by atoms with Gasteiger partial charge >= 0.3 is 0 Å². The molecule has 0 bridgehead atoms. The van der Waals surface area contributed by atoms with Crippen molar-refractivity contribution >= 4 is 46.4 Å². The van der Waals surface area contributed by atoms with Gasteiger partial charge in [-0.05, 0) is 72.8 Å². The van der Waals surface area contributed by atoms with E-state index in [2.05, 4.69) is 21.3 Å². The van der Waals surface area contributed by atoms with Crippen LogP contribution in [0.3, 0.4) is 0 Å². The van der Waals surface area contributed by atoms with E-state index in [1.54, 1.807) is 97.1 Å². The summed E-state index contributed by atoms with van der Waals surface area (Å²) >= 11 is 0.